The zero-order valence-electron chi connectivity index (χ0n) is 9.91. The van der Waals surface area contributed by atoms with E-state index in [-0.39, 0.29) is 6.04 Å². The van der Waals surface area contributed by atoms with Crippen LogP contribution >= 0.6 is 15.9 Å². The van der Waals surface area contributed by atoms with Gasteiger partial charge in [0.1, 0.15) is 0 Å². The highest BCUT2D eigenvalue weighted by molar-refractivity contribution is 9.10. The average Bonchev–Trinajstić information content (AvgIpc) is 2.64. The van der Waals surface area contributed by atoms with Gasteiger partial charge in [-0.3, -0.25) is 0 Å². The smallest absolute Gasteiger partial charge is 0.0510 e. The molecule has 1 aromatic rings. The summed E-state index contributed by atoms with van der Waals surface area (Å²) in [5.74, 6) is 0.806. The Labute approximate surface area is 106 Å². The third-order valence-corrected chi connectivity index (χ3v) is 3.90. The van der Waals surface area contributed by atoms with Gasteiger partial charge in [-0.2, -0.15) is 0 Å². The van der Waals surface area contributed by atoms with E-state index in [0.29, 0.717) is 0 Å². The van der Waals surface area contributed by atoms with E-state index in [9.17, 15) is 0 Å². The van der Waals surface area contributed by atoms with E-state index in [1.807, 2.05) is 6.92 Å². The molecule has 88 valence electrons. The molecule has 0 aromatic heterocycles. The van der Waals surface area contributed by atoms with Gasteiger partial charge in [0.15, 0.2) is 0 Å². The topological polar surface area (TPSA) is 29.3 Å². The molecule has 1 aliphatic heterocycles. The fraction of sp³-hybridized carbons (Fsp3) is 0.538. The molecule has 1 fully saturated rings. The van der Waals surface area contributed by atoms with Crippen molar-refractivity contribution in [2.45, 2.75) is 26.3 Å². The highest BCUT2D eigenvalue weighted by atomic mass is 79.9. The van der Waals surface area contributed by atoms with Crippen LogP contribution < -0.4 is 10.6 Å². The Balaban J connectivity index is 2.22. The van der Waals surface area contributed by atoms with Crippen LogP contribution in [0.15, 0.2) is 22.7 Å². The quantitative estimate of drug-likeness (QED) is 0.902. The lowest BCUT2D eigenvalue weighted by Gasteiger charge is -2.21. The molecule has 1 aromatic carbocycles. The minimum atomic E-state index is 0.0999. The van der Waals surface area contributed by atoms with Crippen LogP contribution in [-0.2, 0) is 0 Å². The lowest BCUT2D eigenvalue weighted by molar-refractivity contribution is 0.659. The normalized spacial score (nSPS) is 22.5. The monoisotopic (exact) mass is 282 g/mol. The van der Waals surface area contributed by atoms with Crippen molar-refractivity contribution < 1.29 is 0 Å². The molecule has 2 N–H and O–H groups in total. The average molecular weight is 283 g/mol. The number of nitrogens with zero attached hydrogens (tertiary/aromatic N) is 1. The molecule has 1 aliphatic rings. The zero-order chi connectivity index (χ0) is 11.7. The predicted molar refractivity (Wildman–Crippen MR) is 72.7 cm³/mol. The number of rotatable bonds is 2. The van der Waals surface area contributed by atoms with Crippen LogP contribution in [0.5, 0.6) is 0 Å². The van der Waals surface area contributed by atoms with Crippen molar-refractivity contribution in [1.82, 2.24) is 0 Å². The number of anilines is 1. The second kappa shape index (κ2) is 4.76. The van der Waals surface area contributed by atoms with E-state index in [0.717, 1.165) is 23.5 Å². The third-order valence-electron chi connectivity index (χ3n) is 3.26. The fourth-order valence-corrected chi connectivity index (χ4v) is 2.86. The van der Waals surface area contributed by atoms with Crippen LogP contribution in [0.3, 0.4) is 0 Å². The molecule has 1 saturated heterocycles. The first-order valence-corrected chi connectivity index (χ1v) is 6.67. The van der Waals surface area contributed by atoms with Gasteiger partial charge in [-0.1, -0.05) is 13.0 Å². The van der Waals surface area contributed by atoms with E-state index in [2.05, 4.69) is 46.0 Å². The molecule has 2 unspecified atom stereocenters. The molecule has 2 nitrogen and oxygen atoms in total. The number of benzene rings is 1. The minimum absolute atomic E-state index is 0.0999. The van der Waals surface area contributed by atoms with Crippen molar-refractivity contribution in [3.05, 3.63) is 28.2 Å². The summed E-state index contributed by atoms with van der Waals surface area (Å²) in [5.41, 5.74) is 8.36. The highest BCUT2D eigenvalue weighted by Crippen LogP contribution is 2.32. The molecular weight excluding hydrogens is 264 g/mol. The number of hydrogen-bond acceptors (Lipinski definition) is 2. The van der Waals surface area contributed by atoms with Crippen LogP contribution in [0.1, 0.15) is 31.9 Å². The van der Waals surface area contributed by atoms with Crippen molar-refractivity contribution >= 4 is 21.6 Å². The van der Waals surface area contributed by atoms with Gasteiger partial charge in [0.25, 0.3) is 0 Å². The molecule has 0 saturated carbocycles. The van der Waals surface area contributed by atoms with Gasteiger partial charge in [-0.15, -0.1) is 0 Å². The summed E-state index contributed by atoms with van der Waals surface area (Å²) in [5, 5.41) is 0. The Morgan fingerprint density at radius 2 is 2.25 bits per heavy atom. The first-order valence-electron chi connectivity index (χ1n) is 5.88. The molecule has 0 amide bonds. The number of halogens is 1. The van der Waals surface area contributed by atoms with Gasteiger partial charge in [-0.05, 0) is 52.9 Å². The summed E-state index contributed by atoms with van der Waals surface area (Å²) >= 11 is 3.65. The van der Waals surface area contributed by atoms with Crippen LogP contribution in [0.4, 0.5) is 5.69 Å². The van der Waals surface area contributed by atoms with Crippen LogP contribution in [0.2, 0.25) is 0 Å². The maximum atomic E-state index is 5.87. The molecule has 0 radical (unpaired) electrons. The summed E-state index contributed by atoms with van der Waals surface area (Å²) in [4.78, 5) is 2.44. The summed E-state index contributed by atoms with van der Waals surface area (Å²) < 4.78 is 1.16. The lowest BCUT2D eigenvalue weighted by atomic mass is 10.1. The molecule has 2 rings (SSSR count). The fourth-order valence-electron chi connectivity index (χ4n) is 2.22. The minimum Gasteiger partial charge on any atom is -0.370 e. The van der Waals surface area contributed by atoms with Gasteiger partial charge in [0, 0.05) is 23.6 Å². The van der Waals surface area contributed by atoms with Gasteiger partial charge in [0.05, 0.1) is 5.69 Å². The van der Waals surface area contributed by atoms with Gasteiger partial charge in [0.2, 0.25) is 0 Å². The van der Waals surface area contributed by atoms with Crippen molar-refractivity contribution in [2.24, 2.45) is 11.7 Å². The van der Waals surface area contributed by atoms with Gasteiger partial charge < -0.3 is 10.6 Å². The SMILES string of the molecule is CC1CCN(c2ccc(C(C)N)cc2Br)C1. The molecule has 0 aliphatic carbocycles. The van der Waals surface area contributed by atoms with Crippen molar-refractivity contribution in [3.8, 4) is 0 Å². The first kappa shape index (κ1) is 11.9. The lowest BCUT2D eigenvalue weighted by Crippen LogP contribution is -2.19. The number of nitrogens with two attached hydrogens (primary N) is 1. The molecule has 0 spiro atoms. The largest absolute Gasteiger partial charge is 0.370 e. The molecule has 16 heavy (non-hydrogen) atoms. The Bertz CT molecular complexity index is 376. The van der Waals surface area contributed by atoms with Gasteiger partial charge in [-0.25, -0.2) is 0 Å². The van der Waals surface area contributed by atoms with Crippen molar-refractivity contribution in [1.29, 1.82) is 0 Å². The summed E-state index contributed by atoms with van der Waals surface area (Å²) in [6.07, 6.45) is 1.29. The summed E-state index contributed by atoms with van der Waals surface area (Å²) in [7, 11) is 0. The van der Waals surface area contributed by atoms with Crippen molar-refractivity contribution in [2.75, 3.05) is 18.0 Å². The zero-order valence-corrected chi connectivity index (χ0v) is 11.5. The van der Waals surface area contributed by atoms with Crippen LogP contribution in [0.25, 0.3) is 0 Å². The van der Waals surface area contributed by atoms with E-state index < -0.39 is 0 Å². The Morgan fingerprint density at radius 3 is 2.75 bits per heavy atom. The number of hydrogen-bond donors (Lipinski definition) is 1. The molecule has 0 bridgehead atoms. The maximum absolute atomic E-state index is 5.87. The molecule has 2 atom stereocenters. The van der Waals surface area contributed by atoms with E-state index in [1.54, 1.807) is 0 Å². The van der Waals surface area contributed by atoms with E-state index >= 15 is 0 Å². The summed E-state index contributed by atoms with van der Waals surface area (Å²) in [6, 6.07) is 6.56. The van der Waals surface area contributed by atoms with Crippen molar-refractivity contribution in [3.63, 3.8) is 0 Å². The van der Waals surface area contributed by atoms with E-state index in [1.165, 1.54) is 17.7 Å². The van der Waals surface area contributed by atoms with Crippen LogP contribution in [0, 0.1) is 5.92 Å². The second-order valence-corrected chi connectivity index (χ2v) is 5.69. The second-order valence-electron chi connectivity index (χ2n) is 4.84. The predicted octanol–water partition coefficient (Wildman–Crippen LogP) is 3.32. The van der Waals surface area contributed by atoms with Gasteiger partial charge >= 0.3 is 0 Å². The van der Waals surface area contributed by atoms with Crippen LogP contribution in [-0.4, -0.2) is 13.1 Å². The first-order chi connectivity index (χ1) is 7.58. The molecular formula is C13H19BrN2. The Hall–Kier alpha value is -0.540. The summed E-state index contributed by atoms with van der Waals surface area (Å²) in [6.45, 7) is 6.65. The van der Waals surface area contributed by atoms with E-state index in [4.69, 9.17) is 5.73 Å². The molecule has 3 heteroatoms. The third kappa shape index (κ3) is 2.41. The Morgan fingerprint density at radius 1 is 1.50 bits per heavy atom. The Kier molecular flexibility index (Phi) is 3.55. The maximum Gasteiger partial charge on any atom is 0.0510 e. The highest BCUT2D eigenvalue weighted by Gasteiger charge is 2.20. The molecule has 1 heterocycles. The standard InChI is InChI=1S/C13H19BrN2/c1-9-5-6-16(8-9)13-4-3-11(10(2)15)7-12(13)14/h3-4,7,9-10H,5-6,8,15H2,1-2H3.